The predicted molar refractivity (Wildman–Crippen MR) is 165 cm³/mol. The fraction of sp³-hybridized carbons (Fsp3) is 0.382. The van der Waals surface area contributed by atoms with Gasteiger partial charge in [0.15, 0.2) is 11.5 Å². The minimum Gasteiger partial charge on any atom is -0.502 e. The molecule has 0 amide bonds. The second-order valence-electron chi connectivity index (χ2n) is 10.0. The van der Waals surface area contributed by atoms with E-state index in [0.717, 1.165) is 46.2 Å². The van der Waals surface area contributed by atoms with Crippen molar-refractivity contribution in [3.63, 3.8) is 0 Å². The number of hydrogen-bond donors (Lipinski definition) is 1. The number of aryl methyl sites for hydroxylation is 2. The maximum Gasteiger partial charge on any atom is 0.200 e. The Balaban J connectivity index is 1.52. The molecule has 0 fully saturated rings. The molecule has 40 heavy (non-hydrogen) atoms. The Bertz CT molecular complexity index is 1290. The quantitative estimate of drug-likeness (QED) is 0.139. The largest absolute Gasteiger partial charge is 0.502 e. The summed E-state index contributed by atoms with van der Waals surface area (Å²) >= 11 is 1.65. The molecule has 0 aliphatic heterocycles. The third-order valence-electron chi connectivity index (χ3n) is 7.03. The van der Waals surface area contributed by atoms with Gasteiger partial charge in [-0.05, 0) is 61.1 Å². The van der Waals surface area contributed by atoms with Gasteiger partial charge in [0.25, 0.3) is 0 Å². The van der Waals surface area contributed by atoms with Crippen molar-refractivity contribution in [2.45, 2.75) is 64.7 Å². The summed E-state index contributed by atoms with van der Waals surface area (Å²) in [5.41, 5.74) is 4.46. The van der Waals surface area contributed by atoms with Gasteiger partial charge in [-0.15, -0.1) is 11.3 Å². The van der Waals surface area contributed by atoms with Crippen molar-refractivity contribution in [1.82, 2.24) is 4.98 Å². The third kappa shape index (κ3) is 8.01. The summed E-state index contributed by atoms with van der Waals surface area (Å²) in [6.45, 7) is 2.88. The van der Waals surface area contributed by atoms with E-state index in [0.29, 0.717) is 18.1 Å². The highest BCUT2D eigenvalue weighted by molar-refractivity contribution is 7.18. The second-order valence-corrected chi connectivity index (χ2v) is 11.0. The predicted octanol–water partition coefficient (Wildman–Crippen LogP) is 9.11. The van der Waals surface area contributed by atoms with Crippen LogP contribution in [-0.4, -0.2) is 30.9 Å². The average Bonchev–Trinajstić information content (AvgIpc) is 3.42. The minimum absolute atomic E-state index is 0.00948. The lowest BCUT2D eigenvalue weighted by molar-refractivity contribution is 0.310. The standard InChI is InChI=1S/C34H41NO4S/c1-4-5-6-7-8-10-14-25-18-20-26(21-19-25)33-29(17-13-22-39-28-15-11-9-12-16-28)35-34(40-33)27-23-30(37-2)32(36)31(24-27)38-3/h9,11-12,15-16,18-21,23-24,36H,4-8,10,13-14,17,22H2,1-3H3. The summed E-state index contributed by atoms with van der Waals surface area (Å²) in [4.78, 5) is 6.22. The molecule has 1 aromatic heterocycles. The molecular formula is C34H41NO4S. The van der Waals surface area contributed by atoms with Crippen LogP contribution in [0.1, 0.15) is 63.1 Å². The van der Waals surface area contributed by atoms with Crippen LogP contribution < -0.4 is 14.2 Å². The van der Waals surface area contributed by atoms with Gasteiger partial charge in [0, 0.05) is 5.56 Å². The molecule has 5 nitrogen and oxygen atoms in total. The van der Waals surface area contributed by atoms with Crippen LogP contribution in [0.25, 0.3) is 21.0 Å². The number of hydrogen-bond acceptors (Lipinski definition) is 6. The van der Waals surface area contributed by atoms with Gasteiger partial charge in [0.1, 0.15) is 10.8 Å². The number of methoxy groups -OCH3 is 2. The van der Waals surface area contributed by atoms with Gasteiger partial charge in [-0.25, -0.2) is 4.98 Å². The van der Waals surface area contributed by atoms with Crippen LogP contribution in [0.2, 0.25) is 0 Å². The van der Waals surface area contributed by atoms with Crippen LogP contribution in [0.4, 0.5) is 0 Å². The number of nitrogens with zero attached hydrogens (tertiary/aromatic N) is 1. The van der Waals surface area contributed by atoms with Crippen LogP contribution in [0.3, 0.4) is 0 Å². The first-order chi connectivity index (χ1) is 19.6. The number of phenolic OH excluding ortho intramolecular Hbond substituents is 1. The maximum absolute atomic E-state index is 10.4. The molecule has 1 heterocycles. The lowest BCUT2D eigenvalue weighted by Gasteiger charge is -2.10. The van der Waals surface area contributed by atoms with E-state index < -0.39 is 0 Å². The maximum atomic E-state index is 10.4. The molecule has 0 spiro atoms. The first kappa shape index (κ1) is 29.5. The Morgan fingerprint density at radius 1 is 0.750 bits per heavy atom. The van der Waals surface area contributed by atoms with Crippen molar-refractivity contribution >= 4 is 11.3 Å². The molecule has 3 aromatic carbocycles. The van der Waals surface area contributed by atoms with E-state index in [4.69, 9.17) is 19.2 Å². The molecule has 6 heteroatoms. The van der Waals surface area contributed by atoms with Crippen molar-refractivity contribution in [2.75, 3.05) is 20.8 Å². The molecule has 0 saturated heterocycles. The Morgan fingerprint density at radius 3 is 2.10 bits per heavy atom. The van der Waals surface area contributed by atoms with Gasteiger partial charge >= 0.3 is 0 Å². The number of unbranched alkanes of at least 4 members (excludes halogenated alkanes) is 5. The third-order valence-corrected chi connectivity index (χ3v) is 8.22. The summed E-state index contributed by atoms with van der Waals surface area (Å²) in [5.74, 6) is 1.60. The fourth-order valence-corrected chi connectivity index (χ4v) is 5.87. The molecule has 4 aromatic rings. The van der Waals surface area contributed by atoms with E-state index in [-0.39, 0.29) is 5.75 Å². The lowest BCUT2D eigenvalue weighted by atomic mass is 10.0. The first-order valence-electron chi connectivity index (χ1n) is 14.3. The van der Waals surface area contributed by atoms with Crippen LogP contribution >= 0.6 is 11.3 Å². The zero-order chi connectivity index (χ0) is 28.2. The molecule has 0 radical (unpaired) electrons. The minimum atomic E-state index is -0.00948. The smallest absolute Gasteiger partial charge is 0.200 e. The molecule has 0 unspecified atom stereocenters. The molecule has 4 rings (SSSR count). The Morgan fingerprint density at radius 2 is 1.43 bits per heavy atom. The van der Waals surface area contributed by atoms with Crippen LogP contribution in [0.15, 0.2) is 66.7 Å². The molecule has 0 saturated carbocycles. The number of rotatable bonds is 16. The van der Waals surface area contributed by atoms with Gasteiger partial charge < -0.3 is 19.3 Å². The van der Waals surface area contributed by atoms with Gasteiger partial charge in [-0.3, -0.25) is 0 Å². The van der Waals surface area contributed by atoms with E-state index in [1.807, 2.05) is 42.5 Å². The highest BCUT2D eigenvalue weighted by Gasteiger charge is 2.18. The zero-order valence-corrected chi connectivity index (χ0v) is 24.8. The molecule has 0 aliphatic carbocycles. The van der Waals surface area contributed by atoms with Crippen LogP contribution in [0, 0.1) is 0 Å². The Kier molecular flexibility index (Phi) is 11.3. The number of phenols is 1. The molecule has 1 N–H and O–H groups in total. The monoisotopic (exact) mass is 559 g/mol. The van der Waals surface area contributed by atoms with E-state index in [1.165, 1.54) is 63.9 Å². The number of thiazole rings is 1. The second kappa shape index (κ2) is 15.3. The van der Waals surface area contributed by atoms with E-state index in [2.05, 4.69) is 31.2 Å². The summed E-state index contributed by atoms with van der Waals surface area (Å²) in [6, 6.07) is 22.5. The molecule has 212 valence electrons. The van der Waals surface area contributed by atoms with E-state index in [9.17, 15) is 5.11 Å². The molecule has 0 atom stereocenters. The topological polar surface area (TPSA) is 60.8 Å². The Hall–Kier alpha value is -3.51. The normalized spacial score (nSPS) is 11.0. The summed E-state index contributed by atoms with van der Waals surface area (Å²) in [6.07, 6.45) is 10.6. The van der Waals surface area contributed by atoms with Gasteiger partial charge in [0.2, 0.25) is 5.75 Å². The fourth-order valence-electron chi connectivity index (χ4n) is 4.77. The summed E-state index contributed by atoms with van der Waals surface area (Å²) in [7, 11) is 3.08. The number of benzene rings is 3. The van der Waals surface area contributed by atoms with Crippen LogP contribution in [-0.2, 0) is 12.8 Å². The molecular weight excluding hydrogens is 518 g/mol. The van der Waals surface area contributed by atoms with Gasteiger partial charge in [-0.1, -0.05) is 81.5 Å². The van der Waals surface area contributed by atoms with Gasteiger partial charge in [0.05, 0.1) is 31.4 Å². The first-order valence-corrected chi connectivity index (χ1v) is 15.2. The van der Waals surface area contributed by atoms with Crippen molar-refractivity contribution in [1.29, 1.82) is 0 Å². The summed E-state index contributed by atoms with van der Waals surface area (Å²) < 4.78 is 16.7. The van der Waals surface area contributed by atoms with Crippen LogP contribution in [0.5, 0.6) is 23.0 Å². The average molecular weight is 560 g/mol. The van der Waals surface area contributed by atoms with Crippen molar-refractivity contribution in [3.8, 4) is 44.0 Å². The van der Waals surface area contributed by atoms with E-state index in [1.54, 1.807) is 11.3 Å². The van der Waals surface area contributed by atoms with Crippen molar-refractivity contribution in [2.24, 2.45) is 0 Å². The number of ether oxygens (including phenoxy) is 3. The highest BCUT2D eigenvalue weighted by atomic mass is 32.1. The highest BCUT2D eigenvalue weighted by Crippen LogP contribution is 2.43. The number of para-hydroxylation sites is 1. The number of aromatic hydroxyl groups is 1. The molecule has 0 aliphatic rings. The number of aromatic nitrogens is 1. The molecule has 0 bridgehead atoms. The lowest BCUT2D eigenvalue weighted by Crippen LogP contribution is -2.00. The zero-order valence-electron chi connectivity index (χ0n) is 23.9. The SMILES string of the molecule is CCCCCCCCc1ccc(-c2sc(-c3cc(OC)c(O)c(OC)c3)nc2CCCOc2ccccc2)cc1. The summed E-state index contributed by atoms with van der Waals surface area (Å²) in [5, 5.41) is 11.3. The Labute approximate surface area is 242 Å². The van der Waals surface area contributed by atoms with Crippen molar-refractivity contribution < 1.29 is 19.3 Å². The van der Waals surface area contributed by atoms with E-state index >= 15 is 0 Å². The van der Waals surface area contributed by atoms with Crippen molar-refractivity contribution in [3.05, 3.63) is 78.0 Å². The van der Waals surface area contributed by atoms with Gasteiger partial charge in [-0.2, -0.15) is 0 Å².